The molecule has 1 heterocycles. The molecule has 0 amide bonds. The molecule has 0 radical (unpaired) electrons. The van der Waals surface area contributed by atoms with Crippen LogP contribution in [0.25, 0.3) is 0 Å². The first-order valence-electron chi connectivity index (χ1n) is 4.27. The van der Waals surface area contributed by atoms with E-state index in [1.807, 2.05) is 12.1 Å². The summed E-state index contributed by atoms with van der Waals surface area (Å²) in [7, 11) is 1.70. The van der Waals surface area contributed by atoms with Crippen LogP contribution in [0.4, 0.5) is 0 Å². The van der Waals surface area contributed by atoms with Crippen LogP contribution in [0.1, 0.15) is 18.0 Å². The van der Waals surface area contributed by atoms with E-state index in [-0.39, 0.29) is 0 Å². The van der Waals surface area contributed by atoms with Crippen molar-refractivity contribution < 1.29 is 4.74 Å². The molecule has 1 fully saturated rings. The number of hydrogen-bond acceptors (Lipinski definition) is 2. The Morgan fingerprint density at radius 3 is 2.92 bits per heavy atom. The summed E-state index contributed by atoms with van der Waals surface area (Å²) in [5.41, 5.74) is 1.33. The fourth-order valence-electron chi connectivity index (χ4n) is 1.43. The van der Waals surface area contributed by atoms with Crippen molar-refractivity contribution in [3.05, 3.63) is 29.8 Å². The molecule has 1 aliphatic heterocycles. The Labute approximate surface area is 72.5 Å². The van der Waals surface area contributed by atoms with Crippen molar-refractivity contribution in [2.75, 3.05) is 13.7 Å². The molecule has 1 N–H and O–H groups in total. The molecule has 12 heavy (non-hydrogen) atoms. The highest BCUT2D eigenvalue weighted by atomic mass is 16.5. The minimum absolute atomic E-state index is 0.556. The molecule has 1 atom stereocenters. The van der Waals surface area contributed by atoms with Crippen molar-refractivity contribution in [1.82, 2.24) is 5.32 Å². The number of ether oxygens (including phenoxy) is 1. The molecule has 1 aromatic rings. The van der Waals surface area contributed by atoms with Gasteiger partial charge in [-0.05, 0) is 30.7 Å². The average molecular weight is 163 g/mol. The molecule has 0 aromatic heterocycles. The summed E-state index contributed by atoms with van der Waals surface area (Å²) >= 11 is 0. The van der Waals surface area contributed by atoms with Gasteiger partial charge in [0.2, 0.25) is 0 Å². The molecular formula is C10H13NO. The van der Waals surface area contributed by atoms with Gasteiger partial charge in [0, 0.05) is 6.04 Å². The monoisotopic (exact) mass is 163 g/mol. The zero-order valence-electron chi connectivity index (χ0n) is 7.21. The van der Waals surface area contributed by atoms with Gasteiger partial charge in [0.15, 0.2) is 0 Å². The molecular weight excluding hydrogens is 150 g/mol. The molecule has 2 rings (SSSR count). The number of benzene rings is 1. The SMILES string of the molecule is COc1cccc([C@H]2CCN2)c1. The summed E-state index contributed by atoms with van der Waals surface area (Å²) in [6, 6.07) is 8.80. The van der Waals surface area contributed by atoms with Crippen LogP contribution in [0.5, 0.6) is 5.75 Å². The van der Waals surface area contributed by atoms with Gasteiger partial charge in [-0.15, -0.1) is 0 Å². The third kappa shape index (κ3) is 1.30. The molecule has 1 aromatic carbocycles. The van der Waals surface area contributed by atoms with Gasteiger partial charge >= 0.3 is 0 Å². The minimum Gasteiger partial charge on any atom is -0.497 e. The van der Waals surface area contributed by atoms with Crippen LogP contribution < -0.4 is 10.1 Å². The summed E-state index contributed by atoms with van der Waals surface area (Å²) in [4.78, 5) is 0. The normalized spacial score (nSPS) is 21.6. The van der Waals surface area contributed by atoms with E-state index >= 15 is 0 Å². The van der Waals surface area contributed by atoms with E-state index in [1.165, 1.54) is 12.0 Å². The fourth-order valence-corrected chi connectivity index (χ4v) is 1.43. The number of rotatable bonds is 2. The summed E-state index contributed by atoms with van der Waals surface area (Å²) in [5, 5.41) is 3.36. The Balaban J connectivity index is 2.19. The lowest BCUT2D eigenvalue weighted by atomic mass is 9.98. The highest BCUT2D eigenvalue weighted by Gasteiger charge is 2.18. The van der Waals surface area contributed by atoms with Gasteiger partial charge in [-0.3, -0.25) is 0 Å². The lowest BCUT2D eigenvalue weighted by Crippen LogP contribution is -2.34. The number of hydrogen-bond donors (Lipinski definition) is 1. The van der Waals surface area contributed by atoms with Crippen molar-refractivity contribution in [1.29, 1.82) is 0 Å². The number of methoxy groups -OCH3 is 1. The first-order valence-corrected chi connectivity index (χ1v) is 4.27. The molecule has 0 aliphatic carbocycles. The molecule has 64 valence electrons. The van der Waals surface area contributed by atoms with E-state index in [1.54, 1.807) is 7.11 Å². The highest BCUT2D eigenvalue weighted by molar-refractivity contribution is 5.31. The van der Waals surface area contributed by atoms with Gasteiger partial charge in [0.25, 0.3) is 0 Å². The van der Waals surface area contributed by atoms with E-state index in [0.717, 1.165) is 12.3 Å². The molecule has 0 unspecified atom stereocenters. The quantitative estimate of drug-likeness (QED) is 0.717. The summed E-state index contributed by atoms with van der Waals surface area (Å²) in [6.07, 6.45) is 1.24. The molecule has 2 heteroatoms. The highest BCUT2D eigenvalue weighted by Crippen LogP contribution is 2.25. The second kappa shape index (κ2) is 3.15. The second-order valence-corrected chi connectivity index (χ2v) is 3.07. The third-order valence-electron chi connectivity index (χ3n) is 2.32. The Hall–Kier alpha value is -1.02. The molecule has 0 bridgehead atoms. The van der Waals surface area contributed by atoms with Crippen molar-refractivity contribution in [2.45, 2.75) is 12.5 Å². The molecule has 0 spiro atoms. The average Bonchev–Trinajstić information content (AvgIpc) is 2.02. The van der Waals surface area contributed by atoms with Crippen molar-refractivity contribution >= 4 is 0 Å². The second-order valence-electron chi connectivity index (χ2n) is 3.07. The van der Waals surface area contributed by atoms with Gasteiger partial charge in [-0.25, -0.2) is 0 Å². The summed E-state index contributed by atoms with van der Waals surface area (Å²) in [5.74, 6) is 0.946. The van der Waals surface area contributed by atoms with Gasteiger partial charge in [-0.2, -0.15) is 0 Å². The topological polar surface area (TPSA) is 21.3 Å². The smallest absolute Gasteiger partial charge is 0.119 e. The Kier molecular flexibility index (Phi) is 2.00. The lowest BCUT2D eigenvalue weighted by Gasteiger charge is -2.28. The van der Waals surface area contributed by atoms with E-state index in [4.69, 9.17) is 4.74 Å². The van der Waals surface area contributed by atoms with Crippen molar-refractivity contribution in [2.24, 2.45) is 0 Å². The fraction of sp³-hybridized carbons (Fsp3) is 0.400. The van der Waals surface area contributed by atoms with Crippen LogP contribution in [0, 0.1) is 0 Å². The van der Waals surface area contributed by atoms with Crippen LogP contribution >= 0.6 is 0 Å². The predicted octanol–water partition coefficient (Wildman–Crippen LogP) is 1.73. The maximum Gasteiger partial charge on any atom is 0.119 e. The zero-order chi connectivity index (χ0) is 8.39. The van der Waals surface area contributed by atoms with Gasteiger partial charge < -0.3 is 10.1 Å². The van der Waals surface area contributed by atoms with Crippen molar-refractivity contribution in [3.63, 3.8) is 0 Å². The van der Waals surface area contributed by atoms with Crippen LogP contribution in [-0.2, 0) is 0 Å². The summed E-state index contributed by atoms with van der Waals surface area (Å²) in [6.45, 7) is 1.14. The van der Waals surface area contributed by atoms with E-state index < -0.39 is 0 Å². The lowest BCUT2D eigenvalue weighted by molar-refractivity contribution is 0.378. The van der Waals surface area contributed by atoms with Crippen LogP contribution in [0.2, 0.25) is 0 Å². The standard InChI is InChI=1S/C10H13NO/c1-12-9-4-2-3-8(7-9)10-5-6-11-10/h2-4,7,10-11H,5-6H2,1H3/t10-/m1/s1. The maximum atomic E-state index is 5.15. The summed E-state index contributed by atoms with van der Waals surface area (Å²) < 4.78 is 5.15. The van der Waals surface area contributed by atoms with E-state index in [0.29, 0.717) is 6.04 Å². The Bertz CT molecular complexity index is 268. The van der Waals surface area contributed by atoms with Gasteiger partial charge in [0.1, 0.15) is 5.75 Å². The molecule has 1 aliphatic rings. The van der Waals surface area contributed by atoms with Crippen molar-refractivity contribution in [3.8, 4) is 5.75 Å². The van der Waals surface area contributed by atoms with E-state index in [2.05, 4.69) is 17.4 Å². The largest absolute Gasteiger partial charge is 0.497 e. The molecule has 1 saturated heterocycles. The van der Waals surface area contributed by atoms with Crippen LogP contribution in [0.15, 0.2) is 24.3 Å². The minimum atomic E-state index is 0.556. The van der Waals surface area contributed by atoms with Gasteiger partial charge in [0.05, 0.1) is 7.11 Å². The third-order valence-corrected chi connectivity index (χ3v) is 2.32. The van der Waals surface area contributed by atoms with Crippen LogP contribution in [-0.4, -0.2) is 13.7 Å². The maximum absolute atomic E-state index is 5.15. The van der Waals surface area contributed by atoms with Gasteiger partial charge in [-0.1, -0.05) is 12.1 Å². The zero-order valence-corrected chi connectivity index (χ0v) is 7.21. The first-order chi connectivity index (χ1) is 5.90. The molecule has 2 nitrogen and oxygen atoms in total. The predicted molar refractivity (Wildman–Crippen MR) is 48.4 cm³/mol. The molecule has 0 saturated carbocycles. The Morgan fingerprint density at radius 2 is 2.33 bits per heavy atom. The van der Waals surface area contributed by atoms with E-state index in [9.17, 15) is 0 Å². The Morgan fingerprint density at radius 1 is 1.50 bits per heavy atom. The number of nitrogens with one attached hydrogen (secondary N) is 1. The first kappa shape index (κ1) is 7.62. The van der Waals surface area contributed by atoms with Crippen LogP contribution in [0.3, 0.4) is 0 Å².